The van der Waals surface area contributed by atoms with Crippen molar-refractivity contribution in [3.63, 3.8) is 0 Å². The van der Waals surface area contributed by atoms with Crippen molar-refractivity contribution >= 4 is 39.1 Å². The van der Waals surface area contributed by atoms with Crippen LogP contribution in [0.15, 0.2) is 36.4 Å². The Kier molecular flexibility index (Phi) is 4.88. The van der Waals surface area contributed by atoms with Gasteiger partial charge in [0.2, 0.25) is 0 Å². The first kappa shape index (κ1) is 14.8. The van der Waals surface area contributed by atoms with Gasteiger partial charge in [-0.15, -0.1) is 0 Å². The van der Waals surface area contributed by atoms with Crippen molar-refractivity contribution in [1.29, 1.82) is 0 Å². The molecular formula is C15H12BrCl2F. The summed E-state index contributed by atoms with van der Waals surface area (Å²) in [6.07, 6.45) is 0.766. The molecule has 0 aromatic heterocycles. The van der Waals surface area contributed by atoms with Gasteiger partial charge in [0.1, 0.15) is 5.82 Å². The molecule has 0 radical (unpaired) electrons. The Morgan fingerprint density at radius 3 is 2.42 bits per heavy atom. The normalized spacial score (nSPS) is 12.5. The lowest BCUT2D eigenvalue weighted by Gasteiger charge is -2.13. The van der Waals surface area contributed by atoms with E-state index >= 15 is 0 Å². The van der Waals surface area contributed by atoms with E-state index in [9.17, 15) is 4.39 Å². The van der Waals surface area contributed by atoms with E-state index in [1.54, 1.807) is 13.0 Å². The fourth-order valence-electron chi connectivity index (χ4n) is 1.86. The van der Waals surface area contributed by atoms with Crippen LogP contribution in [0.3, 0.4) is 0 Å². The van der Waals surface area contributed by atoms with Gasteiger partial charge in [0.05, 0.1) is 0 Å². The molecule has 0 N–H and O–H groups in total. The van der Waals surface area contributed by atoms with Gasteiger partial charge in [0, 0.05) is 14.9 Å². The zero-order valence-electron chi connectivity index (χ0n) is 10.3. The summed E-state index contributed by atoms with van der Waals surface area (Å²) < 4.78 is 13.4. The molecule has 1 atom stereocenters. The Hall–Kier alpha value is -0.570. The summed E-state index contributed by atoms with van der Waals surface area (Å²) in [6, 6.07) is 10.8. The molecule has 100 valence electrons. The molecule has 1 unspecified atom stereocenters. The highest BCUT2D eigenvalue weighted by molar-refractivity contribution is 9.09. The van der Waals surface area contributed by atoms with Gasteiger partial charge >= 0.3 is 0 Å². The van der Waals surface area contributed by atoms with E-state index in [1.165, 1.54) is 6.07 Å². The minimum Gasteiger partial charge on any atom is -0.207 e. The maximum atomic E-state index is 13.4. The molecule has 2 aromatic rings. The van der Waals surface area contributed by atoms with Gasteiger partial charge in [-0.3, -0.25) is 0 Å². The molecule has 0 bridgehead atoms. The second-order valence-corrected chi connectivity index (χ2v) is 6.37. The number of benzene rings is 2. The monoisotopic (exact) mass is 360 g/mol. The Bertz CT molecular complexity index is 581. The highest BCUT2D eigenvalue weighted by Gasteiger charge is 2.14. The van der Waals surface area contributed by atoms with E-state index in [-0.39, 0.29) is 10.6 Å². The molecule has 0 fully saturated rings. The second-order valence-electron chi connectivity index (χ2n) is 4.42. The van der Waals surface area contributed by atoms with Crippen LogP contribution < -0.4 is 0 Å². The van der Waals surface area contributed by atoms with Gasteiger partial charge < -0.3 is 0 Å². The van der Waals surface area contributed by atoms with Gasteiger partial charge in [-0.2, -0.15) is 0 Å². The number of rotatable bonds is 3. The highest BCUT2D eigenvalue weighted by Crippen LogP contribution is 2.34. The second kappa shape index (κ2) is 6.25. The van der Waals surface area contributed by atoms with Gasteiger partial charge in [0.25, 0.3) is 0 Å². The molecule has 0 amide bonds. The molecule has 0 aliphatic rings. The van der Waals surface area contributed by atoms with Gasteiger partial charge in [-0.25, -0.2) is 4.39 Å². The zero-order valence-corrected chi connectivity index (χ0v) is 13.4. The fraction of sp³-hybridized carbons (Fsp3) is 0.200. The third-order valence-electron chi connectivity index (χ3n) is 2.94. The van der Waals surface area contributed by atoms with E-state index in [1.807, 2.05) is 24.3 Å². The molecule has 4 heteroatoms. The average Bonchev–Trinajstić information content (AvgIpc) is 2.36. The lowest BCUT2D eigenvalue weighted by molar-refractivity contribution is 0.617. The summed E-state index contributed by atoms with van der Waals surface area (Å²) in [5.41, 5.74) is 2.64. The largest absolute Gasteiger partial charge is 0.207 e. The van der Waals surface area contributed by atoms with Crippen LogP contribution in [0.5, 0.6) is 0 Å². The topological polar surface area (TPSA) is 0 Å². The van der Waals surface area contributed by atoms with Crippen molar-refractivity contribution in [2.45, 2.75) is 18.2 Å². The van der Waals surface area contributed by atoms with E-state index < -0.39 is 0 Å². The Balaban J connectivity index is 2.22. The summed E-state index contributed by atoms with van der Waals surface area (Å²) in [7, 11) is 0. The average molecular weight is 362 g/mol. The predicted octanol–water partition coefficient (Wildman–Crippen LogP) is 6.12. The summed E-state index contributed by atoms with van der Waals surface area (Å²) >= 11 is 15.6. The van der Waals surface area contributed by atoms with Crippen molar-refractivity contribution in [3.05, 3.63) is 69.0 Å². The minimum atomic E-state index is -0.278. The van der Waals surface area contributed by atoms with Crippen LogP contribution in [0.2, 0.25) is 10.0 Å². The molecule has 0 aliphatic heterocycles. The van der Waals surface area contributed by atoms with Crippen molar-refractivity contribution < 1.29 is 4.39 Å². The molecule has 2 aromatic carbocycles. The summed E-state index contributed by atoms with van der Waals surface area (Å²) in [6.45, 7) is 1.73. The van der Waals surface area contributed by atoms with Crippen LogP contribution in [0.1, 0.15) is 21.5 Å². The van der Waals surface area contributed by atoms with Crippen molar-refractivity contribution in [3.8, 4) is 0 Å². The van der Waals surface area contributed by atoms with Crippen LogP contribution in [-0.2, 0) is 6.42 Å². The first-order valence-electron chi connectivity index (χ1n) is 5.81. The van der Waals surface area contributed by atoms with Gasteiger partial charge in [0.15, 0.2) is 0 Å². The summed E-state index contributed by atoms with van der Waals surface area (Å²) in [5, 5.41) is 1.16. The fourth-order valence-corrected chi connectivity index (χ4v) is 3.15. The van der Waals surface area contributed by atoms with Crippen molar-refractivity contribution in [2.24, 2.45) is 0 Å². The predicted molar refractivity (Wildman–Crippen MR) is 83.0 cm³/mol. The van der Waals surface area contributed by atoms with E-state index in [0.29, 0.717) is 15.6 Å². The first-order valence-corrected chi connectivity index (χ1v) is 7.48. The molecule has 0 saturated carbocycles. The van der Waals surface area contributed by atoms with Crippen molar-refractivity contribution in [2.75, 3.05) is 0 Å². The molecule has 19 heavy (non-hydrogen) atoms. The van der Waals surface area contributed by atoms with Crippen LogP contribution in [0.4, 0.5) is 4.39 Å². The number of hydrogen-bond donors (Lipinski definition) is 0. The van der Waals surface area contributed by atoms with Gasteiger partial charge in [-0.05, 0) is 48.2 Å². The molecular weight excluding hydrogens is 350 g/mol. The maximum absolute atomic E-state index is 13.4. The standard InChI is InChI=1S/C15H12BrCl2F/c1-9-6-12(14(18)8-15(9)19)13(16)7-10-2-4-11(17)5-3-10/h2-6,8,13H,7H2,1H3. The Morgan fingerprint density at radius 2 is 1.79 bits per heavy atom. The third kappa shape index (κ3) is 3.71. The number of hydrogen-bond acceptors (Lipinski definition) is 0. The van der Waals surface area contributed by atoms with Crippen molar-refractivity contribution in [1.82, 2.24) is 0 Å². The zero-order chi connectivity index (χ0) is 14.0. The minimum absolute atomic E-state index is 0.0421. The smallest absolute Gasteiger partial charge is 0.127 e. The number of halogens is 4. The Labute approximate surface area is 130 Å². The quantitative estimate of drug-likeness (QED) is 0.577. The summed E-state index contributed by atoms with van der Waals surface area (Å²) in [4.78, 5) is 0.0421. The molecule has 0 saturated heterocycles. The molecule has 2 rings (SSSR count). The molecule has 0 heterocycles. The van der Waals surface area contributed by atoms with Crippen LogP contribution in [0, 0.1) is 12.7 Å². The van der Waals surface area contributed by atoms with E-state index in [2.05, 4.69) is 15.9 Å². The molecule has 0 aliphatic carbocycles. The van der Waals surface area contributed by atoms with Crippen LogP contribution >= 0.6 is 39.1 Å². The lowest BCUT2D eigenvalue weighted by Crippen LogP contribution is -1.98. The summed E-state index contributed by atoms with van der Waals surface area (Å²) in [5.74, 6) is -0.278. The Morgan fingerprint density at radius 1 is 1.16 bits per heavy atom. The number of alkyl halides is 1. The lowest BCUT2D eigenvalue weighted by atomic mass is 10.0. The number of aryl methyl sites for hydroxylation is 1. The van der Waals surface area contributed by atoms with Crippen LogP contribution in [-0.4, -0.2) is 0 Å². The van der Waals surface area contributed by atoms with E-state index in [4.69, 9.17) is 23.2 Å². The molecule has 0 nitrogen and oxygen atoms in total. The SMILES string of the molecule is Cc1cc(C(Br)Cc2ccc(Cl)cc2)c(Cl)cc1F. The third-order valence-corrected chi connectivity index (χ3v) is 4.34. The highest BCUT2D eigenvalue weighted by atomic mass is 79.9. The van der Waals surface area contributed by atoms with Gasteiger partial charge in [-0.1, -0.05) is 57.3 Å². The first-order chi connectivity index (χ1) is 8.97. The van der Waals surface area contributed by atoms with E-state index in [0.717, 1.165) is 17.5 Å². The van der Waals surface area contributed by atoms with Crippen LogP contribution in [0.25, 0.3) is 0 Å². The molecule has 0 spiro atoms. The maximum Gasteiger partial charge on any atom is 0.127 e.